The standard InChI is InChI=1S/C56H58O29/c1-73-34-14-24(4-11-30(34)59)5-12-41(63)76-22-39-47(69)49(71)53(85-55-52(44(66)31(60)21-78-55)84-42(64)13-6-25-15-35(74-2)45(67)36(16-25)75-3)56(83-39)81-37-19-29-32(79-51(37)26-7-9-27(57)10-8-26)17-28(58)18-33(29)80-54-50(72)48(70)46(68)38(82-54)23-77-43(65)20-40(61)62/h4-19,31,38-39,44,46-50,52-57,59-60,66-72H,20-23H2,1-3H3,(H,61,62). The van der Waals surface area contributed by atoms with E-state index in [0.717, 1.165) is 24.3 Å². The van der Waals surface area contributed by atoms with Gasteiger partial charge in [0.1, 0.15) is 91.8 Å². The number of methoxy groups -OCH3 is 3. The lowest BCUT2D eigenvalue weighted by atomic mass is 9.98. The van der Waals surface area contributed by atoms with Crippen LogP contribution in [0.2, 0.25) is 0 Å². The number of ether oxygens (including phenoxy) is 12. The molecule has 0 spiro atoms. The van der Waals surface area contributed by atoms with Crippen LogP contribution in [-0.4, -0.2) is 207 Å². The Kier molecular flexibility index (Phi) is 20.1. The van der Waals surface area contributed by atoms with Crippen molar-refractivity contribution in [1.29, 1.82) is 0 Å². The molecule has 4 heterocycles. The van der Waals surface area contributed by atoms with Crippen LogP contribution in [0.25, 0.3) is 34.8 Å². The maximum absolute atomic E-state index is 13.5. The largest absolute Gasteiger partial charge is 0.508 e. The number of esters is 3. The molecule has 0 bridgehead atoms. The van der Waals surface area contributed by atoms with Gasteiger partial charge in [-0.3, -0.25) is 14.4 Å². The van der Waals surface area contributed by atoms with Crippen molar-refractivity contribution in [3.63, 3.8) is 0 Å². The number of fused-ring (bicyclic) bond motifs is 1. The van der Waals surface area contributed by atoms with E-state index in [2.05, 4.69) is 0 Å². The predicted octanol–water partition coefficient (Wildman–Crippen LogP) is -0.0709. The van der Waals surface area contributed by atoms with Gasteiger partial charge in [0.05, 0.1) is 33.5 Å². The topological polar surface area (TPSA) is 432 Å². The van der Waals surface area contributed by atoms with E-state index in [9.17, 15) is 75.0 Å². The van der Waals surface area contributed by atoms with Gasteiger partial charge in [-0.2, -0.15) is 0 Å². The molecule has 11 N–H and O–H groups in total. The lowest BCUT2D eigenvalue weighted by molar-refractivity contribution is -0.345. The van der Waals surface area contributed by atoms with Gasteiger partial charge in [-0.15, -0.1) is 0 Å². The van der Waals surface area contributed by atoms with Crippen LogP contribution in [0, 0.1) is 0 Å². The lowest BCUT2D eigenvalue weighted by Gasteiger charge is -2.45. The second-order valence-electron chi connectivity index (χ2n) is 19.1. The van der Waals surface area contributed by atoms with E-state index in [-0.39, 0.29) is 62.7 Å². The van der Waals surface area contributed by atoms with Gasteiger partial charge in [-0.05, 0) is 77.9 Å². The maximum Gasteiger partial charge on any atom is 0.331 e. The van der Waals surface area contributed by atoms with Crippen LogP contribution in [0.1, 0.15) is 17.5 Å². The van der Waals surface area contributed by atoms with Crippen molar-refractivity contribution in [1.82, 2.24) is 0 Å². The molecular formula is C56H58O29. The molecule has 1 aliphatic carbocycles. The number of carbonyl (C=O) groups excluding carboxylic acids is 3. The Bertz CT molecular complexity index is 3240. The zero-order valence-corrected chi connectivity index (χ0v) is 44.9. The molecule has 5 aliphatic rings. The number of aliphatic hydroxyl groups is 7. The molecule has 8 rings (SSSR count). The third-order valence-corrected chi connectivity index (χ3v) is 13.3. The van der Waals surface area contributed by atoms with Gasteiger partial charge in [0.15, 0.2) is 58.4 Å². The van der Waals surface area contributed by atoms with E-state index in [0.29, 0.717) is 5.56 Å². The smallest absolute Gasteiger partial charge is 0.331 e. The van der Waals surface area contributed by atoms with E-state index >= 15 is 0 Å². The van der Waals surface area contributed by atoms with Crippen molar-refractivity contribution in [3.8, 4) is 68.6 Å². The molecule has 3 saturated heterocycles. The molecule has 85 heavy (non-hydrogen) atoms. The number of carbonyl (C=O) groups is 4. The number of hydrogen-bond acceptors (Lipinski definition) is 28. The van der Waals surface area contributed by atoms with Crippen molar-refractivity contribution < 1.29 is 137 Å². The van der Waals surface area contributed by atoms with E-state index < -0.39 is 153 Å². The van der Waals surface area contributed by atoms with E-state index in [1.807, 2.05) is 0 Å². The number of aliphatic hydroxyl groups excluding tert-OH is 7. The number of phenols is 3. The average Bonchev–Trinajstić information content (AvgIpc) is 3.63. The second-order valence-corrected chi connectivity index (χ2v) is 19.1. The molecule has 0 aromatic heterocycles. The Labute approximate surface area is 480 Å². The highest BCUT2D eigenvalue weighted by molar-refractivity contribution is 5.90. The number of carboxylic acids is 1. The van der Waals surface area contributed by atoms with Crippen LogP contribution in [0.5, 0.6) is 46.0 Å². The SMILES string of the molecule is COc1cc(C=CC(=O)OCC2OC(Oc3cc4c(OC5OC(COC(=O)CC(=O)O)C(O)C(O)C5O)cc(=O)cc-4oc3-c3ccc(O)cc3)C(OC3OCC(O)C(O)C3OC(=O)C=Cc3cc(OC)c(O)c(OC)c3)C(O)C2O)ccc1O. The minimum absolute atomic E-state index is 0.0145. The number of benzene rings is 4. The summed E-state index contributed by atoms with van der Waals surface area (Å²) in [5, 5.41) is 118. The Hall–Kier alpha value is -8.59. The first-order chi connectivity index (χ1) is 40.5. The Morgan fingerprint density at radius 2 is 1.21 bits per heavy atom. The molecule has 4 aliphatic heterocycles. The van der Waals surface area contributed by atoms with Crippen LogP contribution in [0.3, 0.4) is 0 Å². The molecule has 29 heteroatoms. The zero-order valence-electron chi connectivity index (χ0n) is 44.9. The Balaban J connectivity index is 1.15. The highest BCUT2D eigenvalue weighted by Crippen LogP contribution is 2.44. The summed E-state index contributed by atoms with van der Waals surface area (Å²) in [6.07, 6.45) is -23.7. The molecule has 456 valence electrons. The van der Waals surface area contributed by atoms with Crippen molar-refractivity contribution in [2.45, 2.75) is 92.4 Å². The van der Waals surface area contributed by atoms with Crippen LogP contribution >= 0.6 is 0 Å². The second kappa shape index (κ2) is 27.4. The summed E-state index contributed by atoms with van der Waals surface area (Å²) < 4.78 is 73.8. The summed E-state index contributed by atoms with van der Waals surface area (Å²) in [4.78, 5) is 63.0. The van der Waals surface area contributed by atoms with Gasteiger partial charge in [0, 0.05) is 29.8 Å². The third-order valence-electron chi connectivity index (χ3n) is 13.3. The summed E-state index contributed by atoms with van der Waals surface area (Å²) in [6, 6.07) is 15.2. The van der Waals surface area contributed by atoms with Gasteiger partial charge >= 0.3 is 23.9 Å². The predicted molar refractivity (Wildman–Crippen MR) is 282 cm³/mol. The quantitative estimate of drug-likeness (QED) is 0.0198. The zero-order chi connectivity index (χ0) is 61.4. The number of aromatic hydroxyl groups is 3. The maximum atomic E-state index is 13.5. The number of rotatable bonds is 21. The number of carboxylic acid groups (broad SMARTS) is 1. The van der Waals surface area contributed by atoms with Crippen LogP contribution in [0.15, 0.2) is 94.2 Å². The molecule has 29 nitrogen and oxygen atoms in total. The third kappa shape index (κ3) is 14.9. The normalized spacial score (nSPS) is 26.8. The van der Waals surface area contributed by atoms with Gasteiger partial charge in [0.25, 0.3) is 0 Å². The fraction of sp³-hybridized carbons (Fsp3) is 0.375. The van der Waals surface area contributed by atoms with Gasteiger partial charge < -0.3 is 117 Å². The Morgan fingerprint density at radius 3 is 1.88 bits per heavy atom. The van der Waals surface area contributed by atoms with Gasteiger partial charge in [-0.1, -0.05) is 6.07 Å². The molecular weight excluding hydrogens is 1140 g/mol. The molecule has 0 radical (unpaired) electrons. The minimum Gasteiger partial charge on any atom is -0.508 e. The van der Waals surface area contributed by atoms with Crippen LogP contribution < -0.4 is 29.1 Å². The average molecular weight is 1200 g/mol. The highest BCUT2D eigenvalue weighted by atomic mass is 16.8. The molecule has 3 aromatic carbocycles. The molecule has 0 amide bonds. The van der Waals surface area contributed by atoms with E-state index in [4.69, 9.17) is 66.4 Å². The first-order valence-electron chi connectivity index (χ1n) is 25.6. The number of aliphatic carboxylic acids is 1. The molecule has 0 saturated carbocycles. The summed E-state index contributed by atoms with van der Waals surface area (Å²) in [7, 11) is 3.88. The van der Waals surface area contributed by atoms with Gasteiger partial charge in [0.2, 0.25) is 18.3 Å². The minimum atomic E-state index is -2.15. The van der Waals surface area contributed by atoms with E-state index in [1.54, 1.807) is 0 Å². The Morgan fingerprint density at radius 1 is 0.600 bits per heavy atom. The highest BCUT2D eigenvalue weighted by Gasteiger charge is 2.52. The lowest BCUT2D eigenvalue weighted by Crippen LogP contribution is -2.64. The first kappa shape index (κ1) is 62.5. The first-order valence-corrected chi connectivity index (χ1v) is 25.6. The van der Waals surface area contributed by atoms with Crippen molar-refractivity contribution in [3.05, 3.63) is 106 Å². The van der Waals surface area contributed by atoms with Crippen molar-refractivity contribution >= 4 is 36.0 Å². The van der Waals surface area contributed by atoms with Crippen LogP contribution in [0.4, 0.5) is 0 Å². The number of hydrogen-bond donors (Lipinski definition) is 11. The number of phenolic OH excluding ortho intramolecular Hbond substituents is 3. The summed E-state index contributed by atoms with van der Waals surface area (Å²) in [5.41, 5.74) is -0.150. The monoisotopic (exact) mass is 1190 g/mol. The van der Waals surface area contributed by atoms with Crippen molar-refractivity contribution in [2.75, 3.05) is 41.2 Å². The molecule has 3 fully saturated rings. The summed E-state index contributed by atoms with van der Waals surface area (Å²) in [5.74, 6) is -6.92. The van der Waals surface area contributed by atoms with Crippen LogP contribution in [-0.2, 0) is 52.3 Å². The molecule has 14 unspecified atom stereocenters. The van der Waals surface area contributed by atoms with Gasteiger partial charge in [-0.25, -0.2) is 9.59 Å². The summed E-state index contributed by atoms with van der Waals surface area (Å²) >= 11 is 0. The molecule has 14 atom stereocenters. The summed E-state index contributed by atoms with van der Waals surface area (Å²) in [6.45, 7) is -2.29. The fourth-order valence-electron chi connectivity index (χ4n) is 8.88. The van der Waals surface area contributed by atoms with E-state index in [1.165, 1.54) is 94.1 Å². The van der Waals surface area contributed by atoms with Crippen molar-refractivity contribution in [2.24, 2.45) is 0 Å². The fourth-order valence-corrected chi connectivity index (χ4v) is 8.88. The molecule has 3 aromatic rings.